The minimum atomic E-state index is -0.0819. The molecule has 0 atom stereocenters. The Bertz CT molecular complexity index is 444. The highest BCUT2D eigenvalue weighted by molar-refractivity contribution is 6.31. The van der Waals surface area contributed by atoms with Gasteiger partial charge in [0.25, 0.3) is 5.91 Å². The summed E-state index contributed by atoms with van der Waals surface area (Å²) >= 11 is 5.92. The van der Waals surface area contributed by atoms with E-state index in [2.05, 4.69) is 5.32 Å². The average Bonchev–Trinajstić information content (AvgIpc) is 2.37. The molecule has 1 aromatic carbocycles. The maximum absolute atomic E-state index is 11.9. The Morgan fingerprint density at radius 2 is 2.11 bits per heavy atom. The lowest BCUT2D eigenvalue weighted by atomic mass is 9.89. The van der Waals surface area contributed by atoms with Crippen molar-refractivity contribution in [1.29, 1.82) is 0 Å². The maximum atomic E-state index is 11.9. The van der Waals surface area contributed by atoms with Gasteiger partial charge in [0.05, 0.1) is 0 Å². The van der Waals surface area contributed by atoms with Crippen LogP contribution < -0.4 is 5.32 Å². The van der Waals surface area contributed by atoms with Gasteiger partial charge in [0.1, 0.15) is 0 Å². The molecule has 19 heavy (non-hydrogen) atoms. The van der Waals surface area contributed by atoms with E-state index in [0.29, 0.717) is 17.1 Å². The van der Waals surface area contributed by atoms with Crippen molar-refractivity contribution in [2.24, 2.45) is 5.41 Å². The number of carbonyl (C=O) groups is 1. The van der Waals surface area contributed by atoms with E-state index in [1.54, 1.807) is 18.2 Å². The summed E-state index contributed by atoms with van der Waals surface area (Å²) in [4.78, 5) is 11.9. The first-order valence-corrected chi connectivity index (χ1v) is 6.89. The first kappa shape index (κ1) is 16.0. The molecule has 106 valence electrons. The third kappa shape index (κ3) is 5.21. The normalized spacial score (nSPS) is 11.4. The predicted molar refractivity (Wildman–Crippen MR) is 78.6 cm³/mol. The topological polar surface area (TPSA) is 49.3 Å². The summed E-state index contributed by atoms with van der Waals surface area (Å²) in [7, 11) is 0. The quantitative estimate of drug-likeness (QED) is 0.788. The van der Waals surface area contributed by atoms with Gasteiger partial charge in [-0.3, -0.25) is 4.79 Å². The average molecular weight is 284 g/mol. The van der Waals surface area contributed by atoms with Crippen LogP contribution in [0.15, 0.2) is 18.2 Å². The second-order valence-electron chi connectivity index (χ2n) is 5.65. The number of aryl methyl sites for hydroxylation is 1. The van der Waals surface area contributed by atoms with Gasteiger partial charge >= 0.3 is 0 Å². The molecule has 0 spiro atoms. The minimum Gasteiger partial charge on any atom is -0.396 e. The molecule has 0 aromatic heterocycles. The molecule has 0 saturated heterocycles. The Kier molecular flexibility index (Phi) is 5.83. The number of hydrogen-bond acceptors (Lipinski definition) is 2. The van der Waals surface area contributed by atoms with E-state index in [4.69, 9.17) is 16.7 Å². The molecule has 0 fully saturated rings. The third-order valence-corrected chi connectivity index (χ3v) is 3.59. The number of rotatable bonds is 6. The number of carbonyl (C=O) groups excluding carboxylic acids is 1. The molecule has 0 bridgehead atoms. The lowest BCUT2D eigenvalue weighted by Crippen LogP contribution is -2.26. The zero-order valence-corrected chi connectivity index (χ0v) is 12.5. The van der Waals surface area contributed by atoms with Crippen molar-refractivity contribution in [1.82, 2.24) is 5.32 Å². The molecule has 2 N–H and O–H groups in total. The highest BCUT2D eigenvalue weighted by atomic mass is 35.5. The Labute approximate surface area is 120 Å². The van der Waals surface area contributed by atoms with E-state index in [1.807, 2.05) is 20.8 Å². The van der Waals surface area contributed by atoms with Gasteiger partial charge in [-0.25, -0.2) is 0 Å². The summed E-state index contributed by atoms with van der Waals surface area (Å²) in [6, 6.07) is 5.25. The Morgan fingerprint density at radius 3 is 2.68 bits per heavy atom. The van der Waals surface area contributed by atoms with Crippen LogP contribution in [0.3, 0.4) is 0 Å². The van der Waals surface area contributed by atoms with Crippen molar-refractivity contribution < 1.29 is 9.90 Å². The van der Waals surface area contributed by atoms with E-state index in [-0.39, 0.29) is 17.9 Å². The smallest absolute Gasteiger partial charge is 0.251 e. The molecule has 0 saturated carbocycles. The van der Waals surface area contributed by atoms with Gasteiger partial charge in [-0.15, -0.1) is 0 Å². The second-order valence-corrected chi connectivity index (χ2v) is 6.05. The van der Waals surface area contributed by atoms with Crippen LogP contribution in [0, 0.1) is 12.3 Å². The molecule has 0 heterocycles. The molecule has 0 aliphatic heterocycles. The lowest BCUT2D eigenvalue weighted by molar-refractivity contribution is 0.0948. The van der Waals surface area contributed by atoms with E-state index < -0.39 is 0 Å². The Morgan fingerprint density at radius 1 is 1.42 bits per heavy atom. The van der Waals surface area contributed by atoms with Gasteiger partial charge in [-0.1, -0.05) is 25.4 Å². The fraction of sp³-hybridized carbons (Fsp3) is 0.533. The molecule has 4 heteroatoms. The first-order valence-electron chi connectivity index (χ1n) is 6.51. The van der Waals surface area contributed by atoms with Crippen LogP contribution in [0.2, 0.25) is 5.02 Å². The van der Waals surface area contributed by atoms with Gasteiger partial charge in [0.2, 0.25) is 0 Å². The maximum Gasteiger partial charge on any atom is 0.251 e. The zero-order valence-electron chi connectivity index (χ0n) is 11.8. The summed E-state index contributed by atoms with van der Waals surface area (Å²) < 4.78 is 0. The summed E-state index contributed by atoms with van der Waals surface area (Å²) in [6.07, 6.45) is 1.73. The number of benzene rings is 1. The third-order valence-electron chi connectivity index (χ3n) is 3.16. The first-order chi connectivity index (χ1) is 8.85. The predicted octanol–water partition coefficient (Wildman–Crippen LogP) is 3.18. The number of amides is 1. The van der Waals surface area contributed by atoms with Crippen molar-refractivity contribution >= 4 is 17.5 Å². The molecular weight excluding hydrogens is 262 g/mol. The van der Waals surface area contributed by atoms with Crippen molar-refractivity contribution in [2.45, 2.75) is 33.6 Å². The lowest BCUT2D eigenvalue weighted by Gasteiger charge is -2.21. The molecule has 0 aliphatic rings. The molecule has 0 radical (unpaired) electrons. The van der Waals surface area contributed by atoms with E-state index in [0.717, 1.165) is 18.4 Å². The van der Waals surface area contributed by atoms with Crippen molar-refractivity contribution in [3.63, 3.8) is 0 Å². The van der Waals surface area contributed by atoms with Gasteiger partial charge in [-0.2, -0.15) is 0 Å². The van der Waals surface area contributed by atoms with E-state index in [9.17, 15) is 4.79 Å². The van der Waals surface area contributed by atoms with Crippen LogP contribution in [0.1, 0.15) is 42.6 Å². The van der Waals surface area contributed by atoms with Crippen LogP contribution in [0.5, 0.6) is 0 Å². The summed E-state index contributed by atoms with van der Waals surface area (Å²) in [6.45, 7) is 6.68. The molecular formula is C15H22ClNO2. The summed E-state index contributed by atoms with van der Waals surface area (Å²) in [5, 5.41) is 12.7. The highest BCUT2D eigenvalue weighted by Crippen LogP contribution is 2.20. The van der Waals surface area contributed by atoms with Crippen molar-refractivity contribution in [3.05, 3.63) is 34.3 Å². The number of aliphatic hydroxyl groups excluding tert-OH is 1. The SMILES string of the molecule is Cc1cc(C(=O)NCCCC(C)(C)CO)ccc1Cl. The fourth-order valence-electron chi connectivity index (χ4n) is 1.74. The number of halogens is 1. The van der Waals surface area contributed by atoms with E-state index in [1.165, 1.54) is 0 Å². The number of aliphatic hydroxyl groups is 1. The van der Waals surface area contributed by atoms with Gasteiger partial charge in [-0.05, 0) is 48.9 Å². The van der Waals surface area contributed by atoms with Crippen LogP contribution >= 0.6 is 11.6 Å². The van der Waals surface area contributed by atoms with Crippen molar-refractivity contribution in [2.75, 3.05) is 13.2 Å². The largest absolute Gasteiger partial charge is 0.396 e. The van der Waals surface area contributed by atoms with Crippen LogP contribution in [-0.2, 0) is 0 Å². The Hall–Kier alpha value is -1.06. The Balaban J connectivity index is 2.41. The molecule has 1 rings (SSSR count). The molecule has 0 aliphatic carbocycles. The standard InChI is InChI=1S/C15H22ClNO2/c1-11-9-12(5-6-13(11)16)14(19)17-8-4-7-15(2,3)10-18/h5-6,9,18H,4,7-8,10H2,1-3H3,(H,17,19). The summed E-state index contributed by atoms with van der Waals surface area (Å²) in [5.41, 5.74) is 1.45. The summed E-state index contributed by atoms with van der Waals surface area (Å²) in [5.74, 6) is -0.0819. The van der Waals surface area contributed by atoms with Crippen LogP contribution in [-0.4, -0.2) is 24.2 Å². The van der Waals surface area contributed by atoms with Crippen LogP contribution in [0.25, 0.3) is 0 Å². The second kappa shape index (κ2) is 6.92. The molecule has 1 amide bonds. The molecule has 1 aromatic rings. The van der Waals surface area contributed by atoms with E-state index >= 15 is 0 Å². The van der Waals surface area contributed by atoms with Crippen LogP contribution in [0.4, 0.5) is 0 Å². The van der Waals surface area contributed by atoms with Gasteiger partial charge < -0.3 is 10.4 Å². The fourth-order valence-corrected chi connectivity index (χ4v) is 1.85. The number of hydrogen-bond donors (Lipinski definition) is 2. The van der Waals surface area contributed by atoms with Gasteiger partial charge in [0.15, 0.2) is 0 Å². The molecule has 3 nitrogen and oxygen atoms in total. The monoisotopic (exact) mass is 283 g/mol. The highest BCUT2D eigenvalue weighted by Gasteiger charge is 2.15. The number of nitrogens with one attached hydrogen (secondary N) is 1. The minimum absolute atomic E-state index is 0.0818. The van der Waals surface area contributed by atoms with Crippen molar-refractivity contribution in [3.8, 4) is 0 Å². The van der Waals surface area contributed by atoms with Gasteiger partial charge in [0, 0.05) is 23.7 Å². The molecule has 0 unspecified atom stereocenters. The zero-order chi connectivity index (χ0) is 14.5.